The molecule has 24 nitrogen and oxygen atoms in total. The van der Waals surface area contributed by atoms with Crippen LogP contribution in [-0.4, -0.2) is 66.0 Å². The van der Waals surface area contributed by atoms with E-state index in [1.54, 1.807) is 13.8 Å². The van der Waals surface area contributed by atoms with Gasteiger partial charge in [0.25, 0.3) is 17.6 Å². The van der Waals surface area contributed by atoms with E-state index in [4.69, 9.17) is 18.0 Å². The minimum atomic E-state index is -1.45. The fourth-order valence-corrected chi connectivity index (χ4v) is 6.30. The van der Waals surface area contributed by atoms with E-state index < -0.39 is 28.8 Å². The number of carbonyl (C=O) groups is 2. The van der Waals surface area contributed by atoms with Gasteiger partial charge in [-0.2, -0.15) is 76.4 Å². The van der Waals surface area contributed by atoms with E-state index in [0.29, 0.717) is 0 Å². The van der Waals surface area contributed by atoms with Crippen molar-refractivity contribution in [2.24, 2.45) is 20.5 Å². The van der Waals surface area contributed by atoms with Crippen LogP contribution in [-0.2, 0) is 10.8 Å². The molecule has 0 amide bonds. The maximum atomic E-state index is 13.2. The van der Waals surface area contributed by atoms with Crippen molar-refractivity contribution in [3.8, 4) is 35.4 Å². The molecule has 0 atom stereocenters. The second kappa shape index (κ2) is 26.7. The smallest absolute Gasteiger partial charge is 0.844 e. The van der Waals surface area contributed by atoms with Gasteiger partial charge in [-0.25, -0.2) is 14.8 Å². The van der Waals surface area contributed by atoms with Gasteiger partial charge in [-0.1, -0.05) is 41.5 Å². The molecule has 0 bridgehead atoms. The Hall–Kier alpha value is -1.01. The van der Waals surface area contributed by atoms with Gasteiger partial charge in [0.15, 0.2) is 34.6 Å². The molecule has 70 heavy (non-hydrogen) atoms. The van der Waals surface area contributed by atoms with Crippen LogP contribution in [0.4, 0.5) is 40.3 Å². The topological polar surface area (TPSA) is 343 Å². The van der Waals surface area contributed by atoms with Gasteiger partial charge in [0.05, 0.1) is 35.4 Å². The van der Waals surface area contributed by atoms with E-state index in [1.807, 2.05) is 47.6 Å². The van der Waals surface area contributed by atoms with Crippen molar-refractivity contribution in [2.45, 2.75) is 66.2 Å². The molecule has 7 rings (SSSR count). The average molecular weight is 1070 g/mol. The molecule has 29 heteroatoms. The van der Waals surface area contributed by atoms with Crippen LogP contribution in [0.3, 0.4) is 0 Å². The first-order chi connectivity index (χ1) is 30.6. The van der Waals surface area contributed by atoms with Crippen molar-refractivity contribution in [1.82, 2.24) is 54.1 Å². The monoisotopic (exact) mass is 1070 g/mol. The zero-order valence-corrected chi connectivity index (χ0v) is 56.4. The van der Waals surface area contributed by atoms with Gasteiger partial charge in [-0.05, 0) is 25.2 Å². The molecule has 0 saturated heterocycles. The number of aromatic nitrogens is 11. The van der Waals surface area contributed by atoms with E-state index in [1.165, 1.54) is 45.8 Å². The van der Waals surface area contributed by atoms with Crippen molar-refractivity contribution in [2.75, 3.05) is 11.5 Å². The predicted molar refractivity (Wildman–Crippen MR) is 222 cm³/mol. The molecule has 0 spiro atoms. The number of aromatic carboxylic acids is 2. The third kappa shape index (κ3) is 13.9. The second-order valence-electron chi connectivity index (χ2n) is 16.2. The minimum Gasteiger partial charge on any atom is -0.844 e. The fourth-order valence-electron chi connectivity index (χ4n) is 6.30. The number of azo groups is 2. The quantitative estimate of drug-likeness (QED) is 0.0730. The van der Waals surface area contributed by atoms with Gasteiger partial charge < -0.3 is 36.4 Å². The minimum absolute atomic E-state index is 0. The standard InChI is InChI=1S/C41H37N19O5.5K/c1-19-25(18-42)33(57(53-19)23-14-10-12-21(16-23)35(61)62)51-49-27-29(40(3,4)5)55-59(31(27)43)37-46-38(48-39(65)47-37)60-32(44)28(30(56-60)41(6,7)8)50-52-34-26(45-9)20(2)54-58(34)24-15-11-13-22(17-24)36(63)64;;;;;/h12-17H,43-44H2,1-8H3,(H,61,62)(H,63,64)(H,46,47,48,65);;;;;/q-2;5*+1/p-3. The van der Waals surface area contributed by atoms with Crippen molar-refractivity contribution in [3.63, 3.8) is 0 Å². The molecule has 0 aliphatic carbocycles. The average Bonchev–Trinajstić information content (AvgIpc) is 3.97. The van der Waals surface area contributed by atoms with Crippen molar-refractivity contribution < 1.29 is 282 Å². The summed E-state index contributed by atoms with van der Waals surface area (Å²) in [4.78, 5) is 39.2. The summed E-state index contributed by atoms with van der Waals surface area (Å²) in [6.07, 6.45) is 0. The Labute approximate surface area is 613 Å². The number of carboxylic acids is 2. The van der Waals surface area contributed by atoms with Gasteiger partial charge >= 0.3 is 257 Å². The molecule has 0 aliphatic heterocycles. The third-order valence-corrected chi connectivity index (χ3v) is 9.44. The Morgan fingerprint density at radius 2 is 1.09 bits per heavy atom. The summed E-state index contributed by atoms with van der Waals surface area (Å²) in [6.45, 7) is 21.9. The molecule has 328 valence electrons. The number of nitrogen functional groups attached to an aromatic ring is 2. The number of nitrogens with two attached hydrogens (primary N) is 2. The molecule has 5 heterocycles. The van der Waals surface area contributed by atoms with E-state index in [2.05, 4.69) is 72.8 Å². The third-order valence-electron chi connectivity index (χ3n) is 9.44. The first-order valence-corrected chi connectivity index (χ1v) is 19.1. The van der Waals surface area contributed by atoms with Crippen LogP contribution in [0.25, 0.3) is 28.1 Å². The van der Waals surface area contributed by atoms with Gasteiger partial charge in [-0.3, -0.25) is 9.36 Å². The molecule has 0 unspecified atom stereocenters. The summed E-state index contributed by atoms with van der Waals surface area (Å²) in [6, 6.07) is 14.3. The molecular formula is C41H34K5N19O5. The number of benzene rings is 2. The van der Waals surface area contributed by atoms with Gasteiger partial charge in [-0.15, -0.1) is 43.7 Å². The largest absolute Gasteiger partial charge is 1.00 e. The number of hydrogen-bond acceptors (Lipinski definition) is 19. The summed E-state index contributed by atoms with van der Waals surface area (Å²) in [7, 11) is 0. The Kier molecular flexibility index (Phi) is 24.8. The normalized spacial score (nSPS) is 11.1. The van der Waals surface area contributed by atoms with E-state index >= 15 is 0 Å². The Morgan fingerprint density at radius 1 is 0.671 bits per heavy atom. The molecule has 7 aromatic rings. The van der Waals surface area contributed by atoms with Crippen LogP contribution in [0.15, 0.2) is 56.9 Å². The molecule has 2 aromatic carbocycles. The molecular weight excluding hydrogens is 1030 g/mol. The van der Waals surface area contributed by atoms with Gasteiger partial charge in [0, 0.05) is 22.8 Å². The summed E-state index contributed by atoms with van der Waals surface area (Å²) in [5, 5.41) is 82.0. The molecule has 0 radical (unpaired) electrons. The number of nitrogens with zero attached hydrogens (tertiary/aromatic N) is 17. The summed E-state index contributed by atoms with van der Waals surface area (Å²) >= 11 is 0. The number of nitriles is 1. The summed E-state index contributed by atoms with van der Waals surface area (Å²) in [5.41, 5.74) is 13.1. The SMILES string of the molecule is [C-]#[N+]c1c(C)nn(-c2c[c-]cc(C(=O)[O-])c2)c1N=Nc1c(C(C)(C)C)nn(-c2nc([O-])nc(-n3nc(C(C)(C)C)c(N=Nc4c(C#N)c(C)nn4-c4c[c-]cc(C(=O)[O-])c4)c3N)n2)c1N.[K+].[K+].[K+].[K+].[K+]. The van der Waals surface area contributed by atoms with E-state index in [0.717, 1.165) is 9.36 Å². The molecule has 0 saturated carbocycles. The van der Waals surface area contributed by atoms with Crippen LogP contribution in [0.1, 0.15) is 90.6 Å². The number of carbonyl (C=O) groups excluding carboxylic acids is 2. The van der Waals surface area contributed by atoms with Crippen LogP contribution in [0, 0.1) is 43.9 Å². The Bertz CT molecular complexity index is 3050. The van der Waals surface area contributed by atoms with Crippen LogP contribution in [0.2, 0.25) is 0 Å². The fraction of sp³-hybridized carbons (Fsp3) is 0.244. The zero-order valence-electron chi connectivity index (χ0n) is 40.8. The first-order valence-electron chi connectivity index (χ1n) is 19.1. The number of anilines is 2. The predicted octanol–water partition coefficient (Wildman–Crippen LogP) is -11.3. The number of aryl methyl sites for hydroxylation is 2. The number of carboxylic acid groups (broad SMARTS) is 2. The van der Waals surface area contributed by atoms with Crippen molar-refractivity contribution >= 4 is 52.3 Å². The van der Waals surface area contributed by atoms with Crippen molar-refractivity contribution in [3.05, 3.63) is 99.4 Å². The van der Waals surface area contributed by atoms with E-state index in [9.17, 15) is 30.2 Å². The molecule has 0 fully saturated rings. The van der Waals surface area contributed by atoms with Crippen LogP contribution >= 0.6 is 0 Å². The molecule has 0 aliphatic rings. The van der Waals surface area contributed by atoms with Crippen LogP contribution in [0.5, 0.6) is 6.01 Å². The summed E-state index contributed by atoms with van der Waals surface area (Å²) in [5.74, 6) is -4.06. The maximum absolute atomic E-state index is 13.2. The van der Waals surface area contributed by atoms with Crippen LogP contribution < -0.4 is 284 Å². The summed E-state index contributed by atoms with van der Waals surface area (Å²) < 4.78 is 4.57. The number of hydrogen-bond donors (Lipinski definition) is 2. The Balaban J connectivity index is 0.00000336. The molecule has 5 aromatic heterocycles. The first kappa shape index (κ1) is 65.1. The van der Waals surface area contributed by atoms with E-state index in [-0.39, 0.29) is 360 Å². The molecule has 4 N–H and O–H groups in total. The number of rotatable bonds is 10. The maximum Gasteiger partial charge on any atom is 1.00 e. The van der Waals surface area contributed by atoms with Gasteiger partial charge in [0.2, 0.25) is 0 Å². The van der Waals surface area contributed by atoms with Crippen molar-refractivity contribution in [1.29, 1.82) is 5.26 Å². The van der Waals surface area contributed by atoms with Gasteiger partial charge in [0.1, 0.15) is 11.6 Å². The second-order valence-corrected chi connectivity index (χ2v) is 16.2. The Morgan fingerprint density at radius 3 is 1.49 bits per heavy atom. The zero-order chi connectivity index (χ0) is 47.3.